The summed E-state index contributed by atoms with van der Waals surface area (Å²) >= 11 is 0. The van der Waals surface area contributed by atoms with Crippen LogP contribution in [-0.4, -0.2) is 13.0 Å². The molecule has 0 bridgehead atoms. The van der Waals surface area contributed by atoms with Crippen LogP contribution in [-0.2, 0) is 11.2 Å². The summed E-state index contributed by atoms with van der Waals surface area (Å²) in [6.45, 7) is 4.23. The van der Waals surface area contributed by atoms with Crippen molar-refractivity contribution in [2.45, 2.75) is 32.7 Å². The Morgan fingerprint density at radius 1 is 1.04 bits per heavy atom. The van der Waals surface area contributed by atoms with Crippen LogP contribution in [0, 0.1) is 5.92 Å². The Balaban J connectivity index is 1.96. The Labute approximate surface area is 138 Å². The number of rotatable bonds is 7. The van der Waals surface area contributed by atoms with Gasteiger partial charge >= 0.3 is 0 Å². The number of carbonyl (C=O) groups excluding carboxylic acids is 1. The Kier molecular flexibility index (Phi) is 6.21. The Bertz CT molecular complexity index is 605. The fourth-order valence-electron chi connectivity index (χ4n) is 2.59. The normalized spacial score (nSPS) is 12.0. The third kappa shape index (κ3) is 5.13. The zero-order chi connectivity index (χ0) is 16.7. The van der Waals surface area contributed by atoms with Gasteiger partial charge in [-0.05, 0) is 35.6 Å². The van der Waals surface area contributed by atoms with Gasteiger partial charge in [0.05, 0.1) is 13.2 Å². The zero-order valence-corrected chi connectivity index (χ0v) is 14.1. The van der Waals surface area contributed by atoms with E-state index in [1.165, 1.54) is 5.56 Å². The monoisotopic (exact) mass is 311 g/mol. The highest BCUT2D eigenvalue weighted by Crippen LogP contribution is 2.24. The standard InChI is InChI=1S/C20H25NO2/c1-15(2)20(17-10-12-18(23-3)13-11-17)21-19(22)14-9-16-7-5-4-6-8-16/h4-8,10-13,15,20H,9,14H2,1-3H3,(H,21,22)/t20-/m1/s1. The second-order valence-electron chi connectivity index (χ2n) is 6.05. The van der Waals surface area contributed by atoms with Crippen molar-refractivity contribution >= 4 is 5.91 Å². The smallest absolute Gasteiger partial charge is 0.220 e. The Hall–Kier alpha value is -2.29. The topological polar surface area (TPSA) is 38.3 Å². The van der Waals surface area contributed by atoms with Crippen LogP contribution in [0.1, 0.15) is 37.4 Å². The molecule has 0 unspecified atom stereocenters. The number of benzene rings is 2. The van der Waals surface area contributed by atoms with E-state index < -0.39 is 0 Å². The van der Waals surface area contributed by atoms with Crippen LogP contribution >= 0.6 is 0 Å². The van der Waals surface area contributed by atoms with E-state index in [1.807, 2.05) is 42.5 Å². The number of nitrogens with one attached hydrogen (secondary N) is 1. The number of carbonyl (C=O) groups is 1. The van der Waals surface area contributed by atoms with Crippen LogP contribution in [0.4, 0.5) is 0 Å². The molecular formula is C20H25NO2. The summed E-state index contributed by atoms with van der Waals surface area (Å²) in [4.78, 5) is 12.3. The minimum atomic E-state index is 0.0178. The molecular weight excluding hydrogens is 286 g/mol. The molecule has 0 aliphatic rings. The molecule has 1 atom stereocenters. The first-order valence-corrected chi connectivity index (χ1v) is 8.07. The van der Waals surface area contributed by atoms with Gasteiger partial charge in [-0.1, -0.05) is 56.3 Å². The molecule has 2 aromatic carbocycles. The van der Waals surface area contributed by atoms with Gasteiger partial charge in [-0.25, -0.2) is 0 Å². The maximum atomic E-state index is 12.3. The number of amides is 1. The molecule has 0 aliphatic heterocycles. The molecule has 0 saturated carbocycles. The summed E-state index contributed by atoms with van der Waals surface area (Å²) in [6.07, 6.45) is 1.27. The van der Waals surface area contributed by atoms with Gasteiger partial charge in [0, 0.05) is 6.42 Å². The number of hydrogen-bond acceptors (Lipinski definition) is 2. The molecule has 0 spiro atoms. The molecule has 0 aromatic heterocycles. The summed E-state index contributed by atoms with van der Waals surface area (Å²) in [6, 6.07) is 18.0. The molecule has 23 heavy (non-hydrogen) atoms. The van der Waals surface area contributed by atoms with Crippen molar-refractivity contribution in [1.29, 1.82) is 0 Å². The van der Waals surface area contributed by atoms with E-state index in [0.29, 0.717) is 12.3 Å². The van der Waals surface area contributed by atoms with E-state index in [0.717, 1.165) is 17.7 Å². The van der Waals surface area contributed by atoms with Crippen molar-refractivity contribution in [2.75, 3.05) is 7.11 Å². The molecule has 1 amide bonds. The van der Waals surface area contributed by atoms with Crippen molar-refractivity contribution in [2.24, 2.45) is 5.92 Å². The second kappa shape index (κ2) is 8.37. The summed E-state index contributed by atoms with van der Waals surface area (Å²) in [5.41, 5.74) is 2.29. The highest BCUT2D eigenvalue weighted by molar-refractivity contribution is 5.76. The molecule has 3 nitrogen and oxygen atoms in total. The fraction of sp³-hybridized carbons (Fsp3) is 0.350. The molecule has 1 N–H and O–H groups in total. The average Bonchev–Trinajstić information content (AvgIpc) is 2.58. The molecule has 0 radical (unpaired) electrons. The van der Waals surface area contributed by atoms with E-state index in [9.17, 15) is 4.79 Å². The summed E-state index contributed by atoms with van der Waals surface area (Å²) in [5.74, 6) is 1.24. The quantitative estimate of drug-likeness (QED) is 0.834. The first kappa shape index (κ1) is 17.1. The van der Waals surface area contributed by atoms with Crippen LogP contribution in [0.2, 0.25) is 0 Å². The fourth-order valence-corrected chi connectivity index (χ4v) is 2.59. The first-order chi connectivity index (χ1) is 11.1. The number of aryl methyl sites for hydroxylation is 1. The van der Waals surface area contributed by atoms with E-state index in [4.69, 9.17) is 4.74 Å². The molecule has 0 fully saturated rings. The maximum Gasteiger partial charge on any atom is 0.220 e. The molecule has 122 valence electrons. The maximum absolute atomic E-state index is 12.3. The van der Waals surface area contributed by atoms with Gasteiger partial charge in [-0.3, -0.25) is 4.79 Å². The minimum Gasteiger partial charge on any atom is -0.497 e. The zero-order valence-electron chi connectivity index (χ0n) is 14.1. The van der Waals surface area contributed by atoms with E-state index in [-0.39, 0.29) is 11.9 Å². The van der Waals surface area contributed by atoms with Crippen molar-refractivity contribution in [3.63, 3.8) is 0 Å². The Morgan fingerprint density at radius 2 is 1.70 bits per heavy atom. The SMILES string of the molecule is COc1ccc([C@H](NC(=O)CCc2ccccc2)C(C)C)cc1. The van der Waals surface area contributed by atoms with Crippen LogP contribution in [0.5, 0.6) is 5.75 Å². The lowest BCUT2D eigenvalue weighted by atomic mass is 9.95. The van der Waals surface area contributed by atoms with Crippen LogP contribution in [0.3, 0.4) is 0 Å². The van der Waals surface area contributed by atoms with Gasteiger partial charge in [-0.15, -0.1) is 0 Å². The largest absolute Gasteiger partial charge is 0.497 e. The Morgan fingerprint density at radius 3 is 2.26 bits per heavy atom. The lowest BCUT2D eigenvalue weighted by Gasteiger charge is -2.23. The van der Waals surface area contributed by atoms with Gasteiger partial charge in [-0.2, -0.15) is 0 Å². The van der Waals surface area contributed by atoms with Gasteiger partial charge in [0.25, 0.3) is 0 Å². The van der Waals surface area contributed by atoms with Crippen molar-refractivity contribution < 1.29 is 9.53 Å². The summed E-state index contributed by atoms with van der Waals surface area (Å²) < 4.78 is 5.19. The van der Waals surface area contributed by atoms with Crippen molar-refractivity contribution in [3.8, 4) is 5.75 Å². The van der Waals surface area contributed by atoms with E-state index in [2.05, 4.69) is 31.3 Å². The second-order valence-corrected chi connectivity index (χ2v) is 6.05. The van der Waals surface area contributed by atoms with Gasteiger partial charge in [0.1, 0.15) is 5.75 Å². The molecule has 2 rings (SSSR count). The average molecular weight is 311 g/mol. The third-order valence-corrected chi connectivity index (χ3v) is 3.94. The van der Waals surface area contributed by atoms with Crippen LogP contribution in [0.25, 0.3) is 0 Å². The lowest BCUT2D eigenvalue weighted by Crippen LogP contribution is -2.31. The van der Waals surface area contributed by atoms with Crippen molar-refractivity contribution in [3.05, 3.63) is 65.7 Å². The first-order valence-electron chi connectivity index (χ1n) is 8.07. The minimum absolute atomic E-state index is 0.0178. The van der Waals surface area contributed by atoms with Crippen LogP contribution < -0.4 is 10.1 Å². The predicted octanol–water partition coefficient (Wildman–Crippen LogP) is 4.14. The number of methoxy groups -OCH3 is 1. The number of hydrogen-bond donors (Lipinski definition) is 1. The van der Waals surface area contributed by atoms with Gasteiger partial charge in [0.2, 0.25) is 5.91 Å². The predicted molar refractivity (Wildman–Crippen MR) is 93.5 cm³/mol. The molecule has 3 heteroatoms. The highest BCUT2D eigenvalue weighted by Gasteiger charge is 2.18. The molecule has 0 heterocycles. The summed E-state index contributed by atoms with van der Waals surface area (Å²) in [7, 11) is 1.65. The lowest BCUT2D eigenvalue weighted by molar-refractivity contribution is -0.122. The molecule has 0 aliphatic carbocycles. The number of ether oxygens (including phenoxy) is 1. The molecule has 2 aromatic rings. The van der Waals surface area contributed by atoms with Gasteiger partial charge < -0.3 is 10.1 Å². The van der Waals surface area contributed by atoms with E-state index >= 15 is 0 Å². The summed E-state index contributed by atoms with van der Waals surface area (Å²) in [5, 5.41) is 3.16. The van der Waals surface area contributed by atoms with E-state index in [1.54, 1.807) is 7.11 Å². The van der Waals surface area contributed by atoms with Gasteiger partial charge in [0.15, 0.2) is 0 Å². The highest BCUT2D eigenvalue weighted by atomic mass is 16.5. The molecule has 0 saturated heterocycles. The van der Waals surface area contributed by atoms with Crippen molar-refractivity contribution in [1.82, 2.24) is 5.32 Å². The third-order valence-electron chi connectivity index (χ3n) is 3.94. The van der Waals surface area contributed by atoms with Crippen LogP contribution in [0.15, 0.2) is 54.6 Å².